The summed E-state index contributed by atoms with van der Waals surface area (Å²) in [5.41, 5.74) is 0.866. The molecule has 96 valence electrons. The number of urea groups is 1. The van der Waals surface area contributed by atoms with Crippen molar-refractivity contribution in [3.05, 3.63) is 30.3 Å². The van der Waals surface area contributed by atoms with E-state index in [1.807, 2.05) is 35.2 Å². The molecule has 18 heavy (non-hydrogen) atoms. The van der Waals surface area contributed by atoms with Gasteiger partial charge in [-0.25, -0.2) is 4.79 Å². The highest BCUT2D eigenvalue weighted by Gasteiger charge is 2.30. The molecule has 0 spiro atoms. The number of para-hydroxylation sites is 1. The maximum Gasteiger partial charge on any atom is 0.321 e. The minimum Gasteiger partial charge on any atom is -0.323 e. The second-order valence-electron chi connectivity index (χ2n) is 5.17. The Balaban J connectivity index is 1.62. The average molecular weight is 245 g/mol. The molecule has 4 heteroatoms. The summed E-state index contributed by atoms with van der Waals surface area (Å²) in [6, 6.07) is 10.8. The number of benzene rings is 1. The van der Waals surface area contributed by atoms with Gasteiger partial charge in [0, 0.05) is 30.9 Å². The summed E-state index contributed by atoms with van der Waals surface area (Å²) in [4.78, 5) is 14.1. The number of fused-ring (bicyclic) bond motifs is 2. The molecular weight excluding hydrogens is 226 g/mol. The number of hydrogen-bond donors (Lipinski definition) is 2. The van der Waals surface area contributed by atoms with E-state index in [0.717, 1.165) is 25.2 Å². The standard InChI is InChI=1S/C14H19N3O/c18-14(16-11-4-2-1-3-5-11)17-9-8-12-6-7-13(10-17)15-12/h1-5,12-13,15H,6-10H2,(H,16,18). The van der Waals surface area contributed by atoms with Crippen molar-refractivity contribution in [1.82, 2.24) is 10.2 Å². The van der Waals surface area contributed by atoms with Gasteiger partial charge in [-0.3, -0.25) is 0 Å². The number of anilines is 1. The normalized spacial score (nSPS) is 26.8. The van der Waals surface area contributed by atoms with Gasteiger partial charge < -0.3 is 15.5 Å². The highest BCUT2D eigenvalue weighted by molar-refractivity contribution is 5.89. The molecule has 2 amide bonds. The van der Waals surface area contributed by atoms with Crippen molar-refractivity contribution in [2.75, 3.05) is 18.4 Å². The van der Waals surface area contributed by atoms with E-state index in [4.69, 9.17) is 0 Å². The zero-order valence-corrected chi connectivity index (χ0v) is 10.4. The summed E-state index contributed by atoms with van der Waals surface area (Å²) in [5.74, 6) is 0. The number of nitrogens with zero attached hydrogens (tertiary/aromatic N) is 1. The van der Waals surface area contributed by atoms with Crippen LogP contribution in [-0.2, 0) is 0 Å². The van der Waals surface area contributed by atoms with Crippen LogP contribution >= 0.6 is 0 Å². The molecule has 3 rings (SSSR count). The SMILES string of the molecule is O=C(Nc1ccccc1)N1CCC2CCC(C1)N2. The second-order valence-corrected chi connectivity index (χ2v) is 5.17. The van der Waals surface area contributed by atoms with Gasteiger partial charge in [0.05, 0.1) is 0 Å². The molecule has 2 N–H and O–H groups in total. The van der Waals surface area contributed by atoms with Gasteiger partial charge in [-0.05, 0) is 31.4 Å². The summed E-state index contributed by atoms with van der Waals surface area (Å²) in [6.07, 6.45) is 3.53. The zero-order valence-electron chi connectivity index (χ0n) is 10.4. The third kappa shape index (κ3) is 2.48. The van der Waals surface area contributed by atoms with Crippen LogP contribution in [0.3, 0.4) is 0 Å². The van der Waals surface area contributed by atoms with Gasteiger partial charge in [-0.1, -0.05) is 18.2 Å². The molecule has 1 aromatic rings. The Labute approximate surface area is 107 Å². The molecule has 4 nitrogen and oxygen atoms in total. The maximum atomic E-state index is 12.2. The molecular formula is C14H19N3O. The summed E-state index contributed by atoms with van der Waals surface area (Å²) >= 11 is 0. The largest absolute Gasteiger partial charge is 0.323 e. The number of amides is 2. The Hall–Kier alpha value is -1.55. The first kappa shape index (κ1) is 11.5. The van der Waals surface area contributed by atoms with E-state index in [1.165, 1.54) is 12.8 Å². The predicted molar refractivity (Wildman–Crippen MR) is 71.6 cm³/mol. The van der Waals surface area contributed by atoms with Crippen LogP contribution in [0.2, 0.25) is 0 Å². The van der Waals surface area contributed by atoms with E-state index < -0.39 is 0 Å². The summed E-state index contributed by atoms with van der Waals surface area (Å²) in [6.45, 7) is 1.68. The van der Waals surface area contributed by atoms with E-state index >= 15 is 0 Å². The number of carbonyl (C=O) groups excluding carboxylic acids is 1. The lowest BCUT2D eigenvalue weighted by atomic mass is 10.1. The number of nitrogens with one attached hydrogen (secondary N) is 2. The van der Waals surface area contributed by atoms with Crippen molar-refractivity contribution in [2.24, 2.45) is 0 Å². The number of hydrogen-bond acceptors (Lipinski definition) is 2. The summed E-state index contributed by atoms with van der Waals surface area (Å²) < 4.78 is 0. The molecule has 0 radical (unpaired) electrons. The van der Waals surface area contributed by atoms with Crippen molar-refractivity contribution in [3.63, 3.8) is 0 Å². The second kappa shape index (κ2) is 4.98. The van der Waals surface area contributed by atoms with Gasteiger partial charge in [-0.2, -0.15) is 0 Å². The lowest BCUT2D eigenvalue weighted by Gasteiger charge is -2.24. The third-order valence-electron chi connectivity index (χ3n) is 3.84. The van der Waals surface area contributed by atoms with Crippen molar-refractivity contribution in [2.45, 2.75) is 31.3 Å². The molecule has 2 bridgehead atoms. The van der Waals surface area contributed by atoms with Crippen molar-refractivity contribution >= 4 is 11.7 Å². The van der Waals surface area contributed by atoms with Gasteiger partial charge in [0.1, 0.15) is 0 Å². The Morgan fingerprint density at radius 1 is 1.17 bits per heavy atom. The topological polar surface area (TPSA) is 44.4 Å². The van der Waals surface area contributed by atoms with Gasteiger partial charge in [0.25, 0.3) is 0 Å². The highest BCUT2D eigenvalue weighted by atomic mass is 16.2. The van der Waals surface area contributed by atoms with Crippen LogP contribution in [0.5, 0.6) is 0 Å². The monoisotopic (exact) mass is 245 g/mol. The van der Waals surface area contributed by atoms with Crippen LogP contribution in [-0.4, -0.2) is 36.1 Å². The highest BCUT2D eigenvalue weighted by Crippen LogP contribution is 2.20. The van der Waals surface area contributed by atoms with Gasteiger partial charge in [-0.15, -0.1) is 0 Å². The van der Waals surface area contributed by atoms with Gasteiger partial charge in [0.2, 0.25) is 0 Å². The Morgan fingerprint density at radius 3 is 2.78 bits per heavy atom. The molecule has 2 fully saturated rings. The van der Waals surface area contributed by atoms with E-state index in [9.17, 15) is 4.79 Å². The fourth-order valence-corrected chi connectivity index (χ4v) is 2.85. The zero-order chi connectivity index (χ0) is 12.4. The van der Waals surface area contributed by atoms with Gasteiger partial charge in [0.15, 0.2) is 0 Å². The molecule has 2 unspecified atom stereocenters. The van der Waals surface area contributed by atoms with Crippen LogP contribution in [0.1, 0.15) is 19.3 Å². The smallest absolute Gasteiger partial charge is 0.321 e. The Kier molecular flexibility index (Phi) is 3.19. The van der Waals surface area contributed by atoms with E-state index in [1.54, 1.807) is 0 Å². The lowest BCUT2D eigenvalue weighted by Crippen LogP contribution is -2.41. The molecule has 2 aliphatic rings. The molecule has 0 aliphatic carbocycles. The molecule has 1 aromatic carbocycles. The van der Waals surface area contributed by atoms with E-state index in [2.05, 4.69) is 10.6 Å². The summed E-state index contributed by atoms with van der Waals surface area (Å²) in [5, 5.41) is 6.54. The number of likely N-dealkylation sites (tertiary alicyclic amines) is 1. The molecule has 0 aromatic heterocycles. The molecule has 2 atom stereocenters. The minimum absolute atomic E-state index is 0.0237. The average Bonchev–Trinajstić information content (AvgIpc) is 2.70. The van der Waals surface area contributed by atoms with Crippen molar-refractivity contribution in [1.29, 1.82) is 0 Å². The van der Waals surface area contributed by atoms with Crippen molar-refractivity contribution < 1.29 is 4.79 Å². The fourth-order valence-electron chi connectivity index (χ4n) is 2.85. The first-order valence-corrected chi connectivity index (χ1v) is 6.68. The third-order valence-corrected chi connectivity index (χ3v) is 3.84. The Morgan fingerprint density at radius 2 is 1.94 bits per heavy atom. The van der Waals surface area contributed by atoms with Crippen LogP contribution in [0.15, 0.2) is 30.3 Å². The fraction of sp³-hybridized carbons (Fsp3) is 0.500. The van der Waals surface area contributed by atoms with E-state index in [0.29, 0.717) is 12.1 Å². The van der Waals surface area contributed by atoms with Gasteiger partial charge >= 0.3 is 6.03 Å². The maximum absolute atomic E-state index is 12.2. The van der Waals surface area contributed by atoms with Crippen LogP contribution < -0.4 is 10.6 Å². The molecule has 2 saturated heterocycles. The number of carbonyl (C=O) groups is 1. The van der Waals surface area contributed by atoms with Crippen molar-refractivity contribution in [3.8, 4) is 0 Å². The number of rotatable bonds is 1. The quantitative estimate of drug-likeness (QED) is 0.795. The molecule has 0 saturated carbocycles. The molecule has 2 heterocycles. The lowest BCUT2D eigenvalue weighted by molar-refractivity contribution is 0.208. The predicted octanol–water partition coefficient (Wildman–Crippen LogP) is 2.04. The first-order chi connectivity index (χ1) is 8.81. The van der Waals surface area contributed by atoms with Crippen LogP contribution in [0.4, 0.5) is 10.5 Å². The minimum atomic E-state index is 0.0237. The van der Waals surface area contributed by atoms with E-state index in [-0.39, 0.29) is 6.03 Å². The summed E-state index contributed by atoms with van der Waals surface area (Å²) in [7, 11) is 0. The van der Waals surface area contributed by atoms with Crippen LogP contribution in [0.25, 0.3) is 0 Å². The Bertz CT molecular complexity index is 420. The van der Waals surface area contributed by atoms with Crippen LogP contribution in [0, 0.1) is 0 Å². The molecule has 2 aliphatic heterocycles. The first-order valence-electron chi connectivity index (χ1n) is 6.68.